The van der Waals surface area contributed by atoms with E-state index in [2.05, 4.69) is 19.9 Å². The molecule has 2 aromatic carbocycles. The maximum Gasteiger partial charge on any atom is 0.150 e. The van der Waals surface area contributed by atoms with Crippen molar-refractivity contribution in [2.24, 2.45) is 0 Å². The summed E-state index contributed by atoms with van der Waals surface area (Å²) >= 11 is 6.18. The first kappa shape index (κ1) is 17.5. The summed E-state index contributed by atoms with van der Waals surface area (Å²) in [4.78, 5) is 8.95. The molecule has 136 valence electrons. The van der Waals surface area contributed by atoms with Crippen molar-refractivity contribution in [1.82, 2.24) is 14.5 Å². The van der Waals surface area contributed by atoms with E-state index in [9.17, 15) is 4.39 Å². The van der Waals surface area contributed by atoms with Crippen LogP contribution in [0.3, 0.4) is 0 Å². The summed E-state index contributed by atoms with van der Waals surface area (Å²) < 4.78 is 15.5. The summed E-state index contributed by atoms with van der Waals surface area (Å²) in [5.74, 6) is 0.432. The molecular formula is C21H18ClFN4. The molecule has 0 atom stereocenters. The van der Waals surface area contributed by atoms with Gasteiger partial charge in [0.05, 0.1) is 5.39 Å². The van der Waals surface area contributed by atoms with E-state index in [0.717, 1.165) is 39.2 Å². The number of rotatable bonds is 3. The third-order valence-electron chi connectivity index (χ3n) is 4.80. The van der Waals surface area contributed by atoms with Gasteiger partial charge in [-0.25, -0.2) is 14.4 Å². The SMILES string of the molecule is Cc1cc(F)ccc1Nc1ncnc2c1c(C)c(C)n2-c1cccc(Cl)c1. The maximum absolute atomic E-state index is 13.4. The van der Waals surface area contributed by atoms with Gasteiger partial charge in [-0.15, -0.1) is 0 Å². The molecule has 0 amide bonds. The first-order valence-corrected chi connectivity index (χ1v) is 8.95. The highest BCUT2D eigenvalue weighted by Crippen LogP contribution is 2.33. The molecule has 6 heteroatoms. The van der Waals surface area contributed by atoms with E-state index >= 15 is 0 Å². The van der Waals surface area contributed by atoms with Crippen molar-refractivity contribution in [1.29, 1.82) is 0 Å². The molecule has 0 saturated heterocycles. The van der Waals surface area contributed by atoms with Crippen LogP contribution in [0, 0.1) is 26.6 Å². The Morgan fingerprint density at radius 2 is 1.85 bits per heavy atom. The van der Waals surface area contributed by atoms with Crippen LogP contribution in [0.25, 0.3) is 16.7 Å². The van der Waals surface area contributed by atoms with Gasteiger partial charge in [0, 0.05) is 22.1 Å². The molecule has 4 nitrogen and oxygen atoms in total. The van der Waals surface area contributed by atoms with Crippen molar-refractivity contribution < 1.29 is 4.39 Å². The molecule has 0 bridgehead atoms. The molecule has 2 heterocycles. The number of halogens is 2. The Kier molecular flexibility index (Phi) is 4.32. The fourth-order valence-corrected chi connectivity index (χ4v) is 3.50. The molecule has 0 aliphatic rings. The molecule has 1 N–H and O–H groups in total. The number of hydrogen-bond acceptors (Lipinski definition) is 3. The van der Waals surface area contributed by atoms with Crippen LogP contribution >= 0.6 is 11.6 Å². The molecule has 0 radical (unpaired) electrons. The van der Waals surface area contributed by atoms with Crippen LogP contribution in [0.15, 0.2) is 48.8 Å². The predicted octanol–water partition coefficient (Wildman–Crippen LogP) is 5.88. The summed E-state index contributed by atoms with van der Waals surface area (Å²) in [5.41, 5.74) is 5.50. The van der Waals surface area contributed by atoms with Crippen molar-refractivity contribution >= 4 is 34.1 Å². The summed E-state index contributed by atoms with van der Waals surface area (Å²) in [7, 11) is 0. The average molecular weight is 381 g/mol. The normalized spacial score (nSPS) is 11.1. The Balaban J connectivity index is 1.90. The van der Waals surface area contributed by atoms with Gasteiger partial charge >= 0.3 is 0 Å². The fraction of sp³-hybridized carbons (Fsp3) is 0.143. The van der Waals surface area contributed by atoms with Crippen LogP contribution in [-0.4, -0.2) is 14.5 Å². The summed E-state index contributed by atoms with van der Waals surface area (Å²) in [6.07, 6.45) is 1.53. The molecule has 0 unspecified atom stereocenters. The number of aromatic nitrogens is 3. The zero-order chi connectivity index (χ0) is 19.1. The first-order valence-electron chi connectivity index (χ1n) is 8.57. The molecule has 0 spiro atoms. The third kappa shape index (κ3) is 3.04. The van der Waals surface area contributed by atoms with Crippen LogP contribution in [0.2, 0.25) is 5.02 Å². The zero-order valence-electron chi connectivity index (χ0n) is 15.2. The number of anilines is 2. The van der Waals surface area contributed by atoms with Crippen LogP contribution in [0.5, 0.6) is 0 Å². The van der Waals surface area contributed by atoms with Gasteiger partial charge in [0.2, 0.25) is 0 Å². The number of benzene rings is 2. The van der Waals surface area contributed by atoms with Gasteiger partial charge < -0.3 is 5.32 Å². The lowest BCUT2D eigenvalue weighted by Crippen LogP contribution is -2.00. The molecule has 0 fully saturated rings. The van der Waals surface area contributed by atoms with Crippen LogP contribution < -0.4 is 5.32 Å². The van der Waals surface area contributed by atoms with E-state index in [1.807, 2.05) is 45.0 Å². The van der Waals surface area contributed by atoms with E-state index in [1.54, 1.807) is 6.07 Å². The fourth-order valence-electron chi connectivity index (χ4n) is 3.32. The Bertz CT molecular complexity index is 1170. The number of hydrogen-bond donors (Lipinski definition) is 1. The number of fused-ring (bicyclic) bond motifs is 1. The van der Waals surface area contributed by atoms with Gasteiger partial charge in [-0.2, -0.15) is 0 Å². The second-order valence-corrected chi connectivity index (χ2v) is 6.97. The lowest BCUT2D eigenvalue weighted by atomic mass is 10.1. The lowest BCUT2D eigenvalue weighted by molar-refractivity contribution is 0.627. The van der Waals surface area contributed by atoms with Crippen molar-refractivity contribution in [2.75, 3.05) is 5.32 Å². The summed E-state index contributed by atoms with van der Waals surface area (Å²) in [6, 6.07) is 12.3. The van der Waals surface area contributed by atoms with Crippen LogP contribution in [0.1, 0.15) is 16.8 Å². The average Bonchev–Trinajstić information content (AvgIpc) is 2.89. The Labute approximate surface area is 161 Å². The largest absolute Gasteiger partial charge is 0.339 e. The predicted molar refractivity (Wildman–Crippen MR) is 108 cm³/mol. The van der Waals surface area contributed by atoms with E-state index in [-0.39, 0.29) is 5.82 Å². The highest BCUT2D eigenvalue weighted by molar-refractivity contribution is 6.30. The molecule has 4 aromatic rings. The quantitative estimate of drug-likeness (QED) is 0.482. The second kappa shape index (κ2) is 6.67. The smallest absolute Gasteiger partial charge is 0.150 e. The van der Waals surface area contributed by atoms with Gasteiger partial charge in [-0.05, 0) is 68.3 Å². The second-order valence-electron chi connectivity index (χ2n) is 6.53. The summed E-state index contributed by atoms with van der Waals surface area (Å²) in [6.45, 7) is 5.95. The first-order chi connectivity index (χ1) is 13.0. The van der Waals surface area contributed by atoms with E-state index in [1.165, 1.54) is 18.5 Å². The van der Waals surface area contributed by atoms with E-state index in [0.29, 0.717) is 10.8 Å². The highest BCUT2D eigenvalue weighted by Gasteiger charge is 2.18. The zero-order valence-corrected chi connectivity index (χ0v) is 16.0. The Morgan fingerprint density at radius 3 is 2.59 bits per heavy atom. The minimum Gasteiger partial charge on any atom is -0.339 e. The van der Waals surface area contributed by atoms with E-state index < -0.39 is 0 Å². The minimum absolute atomic E-state index is 0.259. The molecular weight excluding hydrogens is 363 g/mol. The van der Waals surface area contributed by atoms with Gasteiger partial charge in [-0.3, -0.25) is 4.57 Å². The lowest BCUT2D eigenvalue weighted by Gasteiger charge is -2.11. The minimum atomic E-state index is -0.259. The Hall–Kier alpha value is -2.92. The maximum atomic E-state index is 13.4. The molecule has 0 aliphatic heterocycles. The highest BCUT2D eigenvalue weighted by atomic mass is 35.5. The van der Waals surface area contributed by atoms with Crippen molar-refractivity contribution in [2.45, 2.75) is 20.8 Å². The van der Waals surface area contributed by atoms with Crippen molar-refractivity contribution in [3.05, 3.63) is 76.5 Å². The Morgan fingerprint density at radius 1 is 1.04 bits per heavy atom. The van der Waals surface area contributed by atoms with E-state index in [4.69, 9.17) is 11.6 Å². The number of nitrogens with zero attached hydrogens (tertiary/aromatic N) is 3. The molecule has 27 heavy (non-hydrogen) atoms. The standard InChI is InChI=1S/C21H18ClFN4/c1-12-9-16(23)7-8-18(12)26-20-19-13(2)14(3)27(21(19)25-11-24-20)17-6-4-5-15(22)10-17/h4-11H,1-3H3,(H,24,25,26). The van der Waals surface area contributed by atoms with Crippen molar-refractivity contribution in [3.63, 3.8) is 0 Å². The monoisotopic (exact) mass is 380 g/mol. The molecule has 0 aliphatic carbocycles. The third-order valence-corrected chi connectivity index (χ3v) is 5.04. The molecule has 4 rings (SSSR count). The summed E-state index contributed by atoms with van der Waals surface area (Å²) in [5, 5.41) is 4.93. The van der Waals surface area contributed by atoms with Crippen molar-refractivity contribution in [3.8, 4) is 5.69 Å². The number of nitrogens with one attached hydrogen (secondary N) is 1. The van der Waals surface area contributed by atoms with Gasteiger partial charge in [0.25, 0.3) is 0 Å². The van der Waals surface area contributed by atoms with Gasteiger partial charge in [0.1, 0.15) is 18.0 Å². The number of aryl methyl sites for hydroxylation is 2. The van der Waals surface area contributed by atoms with Crippen LogP contribution in [-0.2, 0) is 0 Å². The van der Waals surface area contributed by atoms with Gasteiger partial charge in [-0.1, -0.05) is 17.7 Å². The topological polar surface area (TPSA) is 42.7 Å². The molecule has 0 saturated carbocycles. The van der Waals surface area contributed by atoms with Crippen LogP contribution in [0.4, 0.5) is 15.9 Å². The molecule has 2 aromatic heterocycles. The van der Waals surface area contributed by atoms with Gasteiger partial charge in [0.15, 0.2) is 5.65 Å².